The van der Waals surface area contributed by atoms with Gasteiger partial charge < -0.3 is 14.2 Å². The van der Waals surface area contributed by atoms with Gasteiger partial charge >= 0.3 is 12.1 Å². The molecular weight excluding hydrogens is 274 g/mol. The van der Waals surface area contributed by atoms with Crippen LogP contribution in [0.2, 0.25) is 0 Å². The number of nitrogens with zero attached hydrogens (tertiary/aromatic N) is 1. The first-order chi connectivity index (χ1) is 9.49. The third-order valence-electron chi connectivity index (χ3n) is 2.72. The molecule has 0 fully saturated rings. The highest BCUT2D eigenvalue weighted by molar-refractivity contribution is 5.68. The number of ether oxygens (including phenoxy) is 3. The lowest BCUT2D eigenvalue weighted by Gasteiger charge is -2.23. The van der Waals surface area contributed by atoms with Crippen molar-refractivity contribution in [3.05, 3.63) is 0 Å². The molecule has 0 radical (unpaired) electrons. The number of unbranched alkanes of at least 4 members (excludes halogenated alkanes) is 1. The molecule has 0 aromatic carbocycles. The van der Waals surface area contributed by atoms with Gasteiger partial charge in [0.1, 0.15) is 12.3 Å². The number of methoxy groups -OCH3 is 1. The molecule has 0 aliphatic carbocycles. The van der Waals surface area contributed by atoms with Crippen molar-refractivity contribution in [3.8, 4) is 0 Å². The Labute approximate surface area is 127 Å². The van der Waals surface area contributed by atoms with Crippen LogP contribution in [0.1, 0.15) is 53.9 Å². The minimum absolute atomic E-state index is 0.234. The summed E-state index contributed by atoms with van der Waals surface area (Å²) in [6.45, 7) is 13.0. The number of carbonyl (C=O) groups is 2. The molecule has 0 rings (SSSR count). The molecule has 0 saturated heterocycles. The Bertz CT molecular complexity index is 382. The average Bonchev–Trinajstić information content (AvgIpc) is 2.34. The maximum Gasteiger partial charge on any atom is 0.598 e. The van der Waals surface area contributed by atoms with Crippen LogP contribution in [0.25, 0.3) is 0 Å². The molecule has 0 saturated carbocycles. The van der Waals surface area contributed by atoms with Crippen molar-refractivity contribution < 1.29 is 28.4 Å². The van der Waals surface area contributed by atoms with Crippen LogP contribution < -0.4 is 0 Å². The Balaban J connectivity index is 4.20. The molecule has 0 atom stereocenters. The lowest BCUT2D eigenvalue weighted by atomic mass is 10.2. The van der Waals surface area contributed by atoms with Crippen molar-refractivity contribution in [1.82, 2.24) is 0 Å². The number of hydrogen-bond acceptors (Lipinski definition) is 5. The number of rotatable bonds is 7. The van der Waals surface area contributed by atoms with E-state index >= 15 is 0 Å². The zero-order valence-electron chi connectivity index (χ0n) is 14.0. The summed E-state index contributed by atoms with van der Waals surface area (Å²) in [6, 6.07) is 0. The van der Waals surface area contributed by atoms with Gasteiger partial charge in [0.15, 0.2) is 0 Å². The van der Waals surface area contributed by atoms with Gasteiger partial charge in [0.2, 0.25) is 0 Å². The molecule has 0 spiro atoms. The van der Waals surface area contributed by atoms with Crippen LogP contribution in [0.3, 0.4) is 0 Å². The second-order valence-corrected chi connectivity index (χ2v) is 6.24. The van der Waals surface area contributed by atoms with Gasteiger partial charge in [-0.15, -0.1) is 4.58 Å². The number of amides is 1. The maximum atomic E-state index is 11.9. The van der Waals surface area contributed by atoms with Gasteiger partial charge in [-0.2, -0.15) is 4.79 Å². The molecule has 0 heterocycles. The van der Waals surface area contributed by atoms with Crippen LogP contribution in [-0.2, 0) is 19.0 Å². The second-order valence-electron chi connectivity index (χ2n) is 6.24. The lowest BCUT2D eigenvalue weighted by Crippen LogP contribution is -2.44. The quantitative estimate of drug-likeness (QED) is 0.238. The predicted molar refractivity (Wildman–Crippen MR) is 79.5 cm³/mol. The van der Waals surface area contributed by atoms with E-state index in [-0.39, 0.29) is 5.97 Å². The Kier molecular flexibility index (Phi) is 7.57. The van der Waals surface area contributed by atoms with E-state index in [0.29, 0.717) is 25.9 Å². The normalized spacial score (nSPS) is 11.9. The van der Waals surface area contributed by atoms with E-state index < -0.39 is 17.4 Å². The molecule has 0 unspecified atom stereocenters. The zero-order chi connectivity index (χ0) is 16.7. The van der Waals surface area contributed by atoms with E-state index in [0.717, 1.165) is 0 Å². The maximum absolute atomic E-state index is 11.9. The van der Waals surface area contributed by atoms with Crippen LogP contribution in [-0.4, -0.2) is 48.4 Å². The van der Waals surface area contributed by atoms with Gasteiger partial charge in [-0.1, -0.05) is 0 Å². The first-order valence-electron chi connectivity index (χ1n) is 7.04. The fourth-order valence-corrected chi connectivity index (χ4v) is 1.41. The highest BCUT2D eigenvalue weighted by atomic mass is 16.6. The number of esters is 1. The largest absolute Gasteiger partial charge is 0.598 e. The van der Waals surface area contributed by atoms with Crippen molar-refractivity contribution in [2.24, 2.45) is 0 Å². The van der Waals surface area contributed by atoms with Crippen LogP contribution in [0.5, 0.6) is 0 Å². The fraction of sp³-hybridized carbons (Fsp3) is 0.800. The fourth-order valence-electron chi connectivity index (χ4n) is 1.41. The molecule has 0 aliphatic heterocycles. The van der Waals surface area contributed by atoms with Crippen molar-refractivity contribution in [1.29, 1.82) is 0 Å². The van der Waals surface area contributed by atoms with Gasteiger partial charge in [-0.05, 0) is 33.6 Å². The summed E-state index contributed by atoms with van der Waals surface area (Å²) in [5.74, 6) is -0.234. The van der Waals surface area contributed by atoms with Gasteiger partial charge in [0.25, 0.3) is 5.72 Å². The standard InChI is InChI=1S/C15H28NO5/c1-14(2,3)21-13(18)16(6)15(4,5)20-11-9-8-10-12(17)19-7/h6,8-11H2,1-5,7H3/q+1. The molecule has 6 nitrogen and oxygen atoms in total. The highest BCUT2D eigenvalue weighted by Crippen LogP contribution is 2.16. The van der Waals surface area contributed by atoms with Gasteiger partial charge in [-0.25, -0.2) is 0 Å². The van der Waals surface area contributed by atoms with E-state index in [4.69, 9.17) is 9.47 Å². The highest BCUT2D eigenvalue weighted by Gasteiger charge is 2.38. The van der Waals surface area contributed by atoms with Crippen molar-refractivity contribution in [2.45, 2.75) is 65.2 Å². The molecule has 122 valence electrons. The number of hydrogen-bond donors (Lipinski definition) is 0. The second kappa shape index (κ2) is 8.12. The minimum Gasteiger partial charge on any atom is -0.469 e. The Morgan fingerprint density at radius 2 is 1.67 bits per heavy atom. The van der Waals surface area contributed by atoms with Crippen molar-refractivity contribution >= 4 is 18.8 Å². The Morgan fingerprint density at radius 1 is 1.10 bits per heavy atom. The van der Waals surface area contributed by atoms with E-state index in [1.54, 1.807) is 34.6 Å². The molecule has 0 bridgehead atoms. The summed E-state index contributed by atoms with van der Waals surface area (Å²) in [5, 5.41) is 0. The van der Waals surface area contributed by atoms with Crippen LogP contribution in [0, 0.1) is 0 Å². The van der Waals surface area contributed by atoms with E-state index in [1.807, 2.05) is 0 Å². The topological polar surface area (TPSA) is 64.8 Å². The molecule has 0 aliphatic rings. The monoisotopic (exact) mass is 302 g/mol. The van der Waals surface area contributed by atoms with Gasteiger partial charge in [0.05, 0.1) is 13.7 Å². The third-order valence-corrected chi connectivity index (χ3v) is 2.72. The first kappa shape index (κ1) is 19.6. The SMILES string of the molecule is C=[N+](C(=O)OC(C)(C)C)C(C)(C)OCCCCC(=O)OC. The van der Waals surface area contributed by atoms with E-state index in [9.17, 15) is 9.59 Å². The summed E-state index contributed by atoms with van der Waals surface area (Å²) in [7, 11) is 1.36. The predicted octanol–water partition coefficient (Wildman–Crippen LogP) is 2.73. The Morgan fingerprint density at radius 3 is 2.14 bits per heavy atom. The average molecular weight is 302 g/mol. The smallest absolute Gasteiger partial charge is 0.469 e. The van der Waals surface area contributed by atoms with Crippen molar-refractivity contribution in [2.75, 3.05) is 13.7 Å². The molecule has 0 N–H and O–H groups in total. The molecular formula is C15H28NO5+. The third kappa shape index (κ3) is 8.45. The summed E-state index contributed by atoms with van der Waals surface area (Å²) >= 11 is 0. The van der Waals surface area contributed by atoms with E-state index in [2.05, 4.69) is 11.5 Å². The molecule has 6 heteroatoms. The lowest BCUT2D eigenvalue weighted by molar-refractivity contribution is -0.583. The molecule has 0 aromatic heterocycles. The van der Waals surface area contributed by atoms with Crippen LogP contribution >= 0.6 is 0 Å². The van der Waals surface area contributed by atoms with E-state index in [1.165, 1.54) is 11.7 Å². The summed E-state index contributed by atoms with van der Waals surface area (Å²) in [6.07, 6.45) is 1.19. The first-order valence-corrected chi connectivity index (χ1v) is 7.04. The summed E-state index contributed by atoms with van der Waals surface area (Å²) in [4.78, 5) is 22.9. The summed E-state index contributed by atoms with van der Waals surface area (Å²) in [5.41, 5.74) is -1.46. The van der Waals surface area contributed by atoms with Gasteiger partial charge in [-0.3, -0.25) is 4.79 Å². The molecule has 0 aromatic rings. The van der Waals surface area contributed by atoms with Crippen molar-refractivity contribution in [3.63, 3.8) is 0 Å². The zero-order valence-corrected chi connectivity index (χ0v) is 14.0. The minimum atomic E-state index is -0.881. The van der Waals surface area contributed by atoms with Crippen LogP contribution in [0.15, 0.2) is 0 Å². The van der Waals surface area contributed by atoms with Crippen LogP contribution in [0.4, 0.5) is 4.79 Å². The van der Waals surface area contributed by atoms with Gasteiger partial charge in [0, 0.05) is 20.3 Å². The molecule has 1 amide bonds. The molecule has 21 heavy (non-hydrogen) atoms. The summed E-state index contributed by atoms with van der Waals surface area (Å²) < 4.78 is 16.6. The Hall–Kier alpha value is -1.43. The number of carbonyl (C=O) groups excluding carboxylic acids is 2.